The van der Waals surface area contributed by atoms with Gasteiger partial charge in [-0.15, -0.1) is 0 Å². The van der Waals surface area contributed by atoms with Gasteiger partial charge in [0.2, 0.25) is 0 Å². The molecule has 0 heterocycles. The zero-order valence-electron chi connectivity index (χ0n) is 20.2. The first-order valence-corrected chi connectivity index (χ1v) is 13.5. The van der Waals surface area contributed by atoms with Gasteiger partial charge in [-0.2, -0.15) is 0 Å². The standard InChI is InChI=1S/C19H36O3.C6H7O4P.3K.3H/c1-3-4-5-12-15-18(20)16-13-10-8-6-7-9-11-14-17-19(21)22-2;7-11(8,9)10-6-4-2-1-3-5-6;;;;;;/h10,13,18,20H,3-9,11-12,14-17H2,1-2H3;1-5H,(H2,7,8,9);;;;;;/b13-10-;;;;;;;/t18-;;;;;;;/m1......./s1. The predicted molar refractivity (Wildman–Crippen MR) is 153 cm³/mol. The molecule has 7 nitrogen and oxygen atoms in total. The van der Waals surface area contributed by atoms with Crippen LogP contribution in [0, 0.1) is 0 Å². The third-order valence-corrected chi connectivity index (χ3v) is 5.36. The van der Waals surface area contributed by atoms with Gasteiger partial charge in [-0.3, -0.25) is 14.6 Å². The number of hydrogen-bond acceptors (Lipinski definition) is 5. The number of hydrogen-bond donors (Lipinski definition) is 3. The quantitative estimate of drug-likeness (QED) is 0.0793. The summed E-state index contributed by atoms with van der Waals surface area (Å²) in [5.41, 5.74) is 0. The molecule has 0 saturated heterocycles. The van der Waals surface area contributed by atoms with E-state index in [1.54, 1.807) is 18.2 Å². The van der Waals surface area contributed by atoms with Crippen LogP contribution in [0.25, 0.3) is 0 Å². The van der Waals surface area contributed by atoms with Gasteiger partial charge in [-0.05, 0) is 44.2 Å². The third-order valence-electron chi connectivity index (χ3n) is 4.91. The molecule has 0 saturated carbocycles. The Morgan fingerprint density at radius 2 is 1.50 bits per heavy atom. The molecular formula is C25H46K3O7P. The fourth-order valence-electron chi connectivity index (χ4n) is 3.08. The summed E-state index contributed by atoms with van der Waals surface area (Å²) in [5, 5.41) is 9.82. The Kier molecular flexibility index (Phi) is 42.1. The zero-order chi connectivity index (χ0) is 24.8. The van der Waals surface area contributed by atoms with Crippen molar-refractivity contribution >= 4 is 168 Å². The summed E-state index contributed by atoms with van der Waals surface area (Å²) >= 11 is 0. The number of aliphatic hydroxyl groups is 1. The SMILES string of the molecule is CCCCCC[C@@H](O)C/C=C\CCCCCCCC(=O)OC.O=P(O)(O)Oc1ccccc1.[KH].[KH].[KH]. The van der Waals surface area contributed by atoms with Gasteiger partial charge < -0.3 is 14.4 Å². The van der Waals surface area contributed by atoms with Gasteiger partial charge in [0.1, 0.15) is 5.75 Å². The van der Waals surface area contributed by atoms with E-state index < -0.39 is 7.82 Å². The topological polar surface area (TPSA) is 113 Å². The van der Waals surface area contributed by atoms with E-state index in [2.05, 4.69) is 28.3 Å². The zero-order valence-corrected chi connectivity index (χ0v) is 21.1. The first-order valence-electron chi connectivity index (χ1n) is 12.0. The number of benzene rings is 1. The fraction of sp³-hybridized carbons (Fsp3) is 0.640. The molecule has 1 aromatic rings. The molecular weight excluding hydrogens is 561 g/mol. The molecule has 11 heteroatoms. The van der Waals surface area contributed by atoms with E-state index >= 15 is 0 Å². The summed E-state index contributed by atoms with van der Waals surface area (Å²) in [6.45, 7) is 2.21. The van der Waals surface area contributed by atoms with E-state index in [9.17, 15) is 14.5 Å². The van der Waals surface area contributed by atoms with Crippen molar-refractivity contribution in [1.29, 1.82) is 0 Å². The Hall–Kier alpha value is 3.25. The van der Waals surface area contributed by atoms with Crippen LogP contribution in [-0.4, -0.2) is 188 Å². The number of carbonyl (C=O) groups excluding carboxylic acids is 1. The summed E-state index contributed by atoms with van der Waals surface area (Å²) in [7, 11) is -2.95. The van der Waals surface area contributed by atoms with Crippen LogP contribution in [0.1, 0.15) is 90.4 Å². The van der Waals surface area contributed by atoms with Crippen molar-refractivity contribution in [2.45, 2.75) is 96.5 Å². The van der Waals surface area contributed by atoms with E-state index in [-0.39, 0.29) is 172 Å². The summed E-state index contributed by atoms with van der Waals surface area (Å²) < 4.78 is 19.2. The number of phosphoric acid groups is 1. The van der Waals surface area contributed by atoms with Crippen LogP contribution >= 0.6 is 7.82 Å². The Labute approximate surface area is 346 Å². The van der Waals surface area contributed by atoms with Crippen LogP contribution in [-0.2, 0) is 14.1 Å². The number of para-hydroxylation sites is 1. The van der Waals surface area contributed by atoms with E-state index in [4.69, 9.17) is 9.79 Å². The number of esters is 1. The van der Waals surface area contributed by atoms with Crippen LogP contribution in [0.2, 0.25) is 0 Å². The molecule has 0 aliphatic heterocycles. The average molecular weight is 607 g/mol. The summed E-state index contributed by atoms with van der Waals surface area (Å²) in [6, 6.07) is 7.93. The maximum atomic E-state index is 10.9. The van der Waals surface area contributed by atoms with Crippen molar-refractivity contribution < 1.29 is 33.5 Å². The molecule has 0 aliphatic carbocycles. The van der Waals surface area contributed by atoms with Gasteiger partial charge >= 0.3 is 168 Å². The number of rotatable bonds is 17. The molecule has 1 rings (SSSR count). The van der Waals surface area contributed by atoms with Crippen molar-refractivity contribution in [2.75, 3.05) is 7.11 Å². The number of allylic oxidation sites excluding steroid dienone is 1. The number of methoxy groups -OCH3 is 1. The second-order valence-corrected chi connectivity index (χ2v) is 9.15. The Morgan fingerprint density at radius 1 is 0.917 bits per heavy atom. The van der Waals surface area contributed by atoms with Crippen molar-refractivity contribution in [3.8, 4) is 5.75 Å². The molecule has 3 N–H and O–H groups in total. The number of ether oxygens (including phenoxy) is 1. The summed E-state index contributed by atoms with van der Waals surface area (Å²) in [6.07, 6.45) is 18.1. The van der Waals surface area contributed by atoms with Gasteiger partial charge in [0, 0.05) is 6.42 Å². The molecule has 0 fully saturated rings. The minimum atomic E-state index is -4.39. The minimum absolute atomic E-state index is 0. The van der Waals surface area contributed by atoms with Gasteiger partial charge in [0.15, 0.2) is 0 Å². The van der Waals surface area contributed by atoms with Gasteiger partial charge in [-0.1, -0.05) is 82.2 Å². The number of unbranched alkanes of at least 4 members (excludes halogenated alkanes) is 8. The van der Waals surface area contributed by atoms with Gasteiger partial charge in [0.25, 0.3) is 0 Å². The van der Waals surface area contributed by atoms with Crippen molar-refractivity contribution in [2.24, 2.45) is 0 Å². The maximum absolute atomic E-state index is 10.9. The van der Waals surface area contributed by atoms with E-state index in [1.165, 1.54) is 57.8 Å². The normalized spacial score (nSPS) is 11.1. The Bertz CT molecular complexity index is 673. The van der Waals surface area contributed by atoms with Crippen LogP contribution in [0.5, 0.6) is 5.75 Å². The van der Waals surface area contributed by atoms with Crippen LogP contribution in [0.3, 0.4) is 0 Å². The monoisotopic (exact) mass is 606 g/mol. The molecule has 0 bridgehead atoms. The summed E-state index contributed by atoms with van der Waals surface area (Å²) in [5.74, 6) is 0.0667. The summed E-state index contributed by atoms with van der Waals surface area (Å²) in [4.78, 5) is 27.6. The Balaban J connectivity index is -0.000000310. The van der Waals surface area contributed by atoms with Crippen LogP contribution < -0.4 is 4.52 Å². The van der Waals surface area contributed by atoms with Crippen molar-refractivity contribution in [1.82, 2.24) is 0 Å². The number of aliphatic hydroxyl groups excluding tert-OH is 1. The molecule has 0 aliphatic rings. The predicted octanol–water partition coefficient (Wildman–Crippen LogP) is 4.38. The first kappa shape index (κ1) is 46.2. The number of carbonyl (C=O) groups is 1. The van der Waals surface area contributed by atoms with Crippen molar-refractivity contribution in [3.05, 3.63) is 42.5 Å². The molecule has 36 heavy (non-hydrogen) atoms. The van der Waals surface area contributed by atoms with E-state index in [1.807, 2.05) is 0 Å². The van der Waals surface area contributed by atoms with E-state index in [0.717, 1.165) is 38.5 Å². The molecule has 0 unspecified atom stereocenters. The molecule has 196 valence electrons. The molecule has 1 atom stereocenters. The number of phosphoric ester groups is 1. The van der Waals surface area contributed by atoms with Gasteiger partial charge in [-0.25, -0.2) is 4.57 Å². The Morgan fingerprint density at radius 3 is 2.08 bits per heavy atom. The van der Waals surface area contributed by atoms with Crippen LogP contribution in [0.4, 0.5) is 0 Å². The van der Waals surface area contributed by atoms with Crippen LogP contribution in [0.15, 0.2) is 42.5 Å². The van der Waals surface area contributed by atoms with Gasteiger partial charge in [0.05, 0.1) is 13.2 Å². The van der Waals surface area contributed by atoms with E-state index in [0.29, 0.717) is 6.42 Å². The molecule has 1 aromatic carbocycles. The molecule has 0 aromatic heterocycles. The fourth-order valence-corrected chi connectivity index (χ4v) is 3.47. The van der Waals surface area contributed by atoms with Crippen molar-refractivity contribution in [3.63, 3.8) is 0 Å². The molecule has 0 spiro atoms. The second-order valence-electron chi connectivity index (χ2n) is 7.99. The first-order chi connectivity index (χ1) is 15.8. The molecule has 0 amide bonds. The second kappa shape index (κ2) is 32.8. The third kappa shape index (κ3) is 35.3. The average Bonchev–Trinajstić information content (AvgIpc) is 2.77. The molecule has 0 radical (unpaired) electrons.